The van der Waals surface area contributed by atoms with E-state index in [0.717, 1.165) is 53.5 Å². The number of amides is 1. The van der Waals surface area contributed by atoms with Crippen molar-refractivity contribution in [1.82, 2.24) is 14.9 Å². The maximum absolute atomic E-state index is 13.1. The number of benzene rings is 1. The summed E-state index contributed by atoms with van der Waals surface area (Å²) in [4.78, 5) is 26.8. The van der Waals surface area contributed by atoms with Crippen LogP contribution < -0.4 is 4.90 Å². The summed E-state index contributed by atoms with van der Waals surface area (Å²) < 4.78 is 5.89. The zero-order valence-corrected chi connectivity index (χ0v) is 17.1. The molecule has 1 amide bonds. The molecule has 1 fully saturated rings. The molecule has 1 aromatic heterocycles. The second-order valence-corrected chi connectivity index (χ2v) is 7.97. The van der Waals surface area contributed by atoms with E-state index in [-0.39, 0.29) is 18.1 Å². The highest BCUT2D eigenvalue weighted by Gasteiger charge is 2.31. The fraction of sp³-hybridized carbons (Fsp3) is 0.500. The summed E-state index contributed by atoms with van der Waals surface area (Å²) in [5.41, 5.74) is 3.94. The summed E-state index contributed by atoms with van der Waals surface area (Å²) >= 11 is 0. The van der Waals surface area contributed by atoms with Crippen LogP contribution in [0.3, 0.4) is 0 Å². The van der Waals surface area contributed by atoms with E-state index in [1.165, 1.54) is 0 Å². The largest absolute Gasteiger partial charge is 0.372 e. The summed E-state index contributed by atoms with van der Waals surface area (Å²) in [6, 6.07) is 7.78. The lowest BCUT2D eigenvalue weighted by Crippen LogP contribution is -2.47. The van der Waals surface area contributed by atoms with Gasteiger partial charge in [-0.25, -0.2) is 9.97 Å². The molecule has 0 bridgehead atoms. The van der Waals surface area contributed by atoms with Crippen LogP contribution in [0.15, 0.2) is 24.3 Å². The molecule has 2 aromatic rings. The Hall–Kier alpha value is -2.47. The molecule has 2 aliphatic heterocycles. The lowest BCUT2D eigenvalue weighted by molar-refractivity contribution is -0.00560. The molecule has 0 unspecified atom stereocenters. The standard InChI is InChI=1S/C22H28N4O2/c1-14-7-5-6-8-18(14)22(27)25-10-9-20-19(13-25)21(24-17(4)23-20)26-11-15(2)28-16(3)12-26/h5-8,15-16H,9-13H2,1-4H3/t15-,16+. The Morgan fingerprint density at radius 1 is 1.11 bits per heavy atom. The van der Waals surface area contributed by atoms with Gasteiger partial charge in [-0.2, -0.15) is 0 Å². The Labute approximate surface area is 166 Å². The number of nitrogens with zero attached hydrogens (tertiary/aromatic N) is 4. The quantitative estimate of drug-likeness (QED) is 0.802. The minimum absolute atomic E-state index is 0.0824. The van der Waals surface area contributed by atoms with Crippen molar-refractivity contribution in [3.63, 3.8) is 0 Å². The van der Waals surface area contributed by atoms with E-state index in [1.807, 2.05) is 43.0 Å². The van der Waals surface area contributed by atoms with Crippen molar-refractivity contribution in [3.05, 3.63) is 52.5 Å². The third kappa shape index (κ3) is 3.61. The highest BCUT2D eigenvalue weighted by atomic mass is 16.5. The maximum atomic E-state index is 13.1. The number of fused-ring (bicyclic) bond motifs is 1. The van der Waals surface area contributed by atoms with Crippen LogP contribution in [0.5, 0.6) is 0 Å². The number of aryl methyl sites for hydroxylation is 2. The highest BCUT2D eigenvalue weighted by molar-refractivity contribution is 5.95. The van der Waals surface area contributed by atoms with Crippen LogP contribution in [0, 0.1) is 13.8 Å². The molecule has 148 valence electrons. The van der Waals surface area contributed by atoms with Gasteiger partial charge >= 0.3 is 0 Å². The van der Waals surface area contributed by atoms with E-state index in [4.69, 9.17) is 9.72 Å². The van der Waals surface area contributed by atoms with Crippen molar-refractivity contribution in [3.8, 4) is 0 Å². The fourth-order valence-electron chi connectivity index (χ4n) is 4.29. The van der Waals surface area contributed by atoms with Gasteiger partial charge in [0.05, 0.1) is 24.4 Å². The smallest absolute Gasteiger partial charge is 0.254 e. The van der Waals surface area contributed by atoms with Crippen LogP contribution in [-0.4, -0.2) is 52.6 Å². The van der Waals surface area contributed by atoms with Crippen LogP contribution in [0.1, 0.15) is 46.9 Å². The van der Waals surface area contributed by atoms with E-state index in [1.54, 1.807) is 0 Å². The maximum Gasteiger partial charge on any atom is 0.254 e. The Bertz CT molecular complexity index is 888. The predicted octanol–water partition coefficient (Wildman–Crippen LogP) is 2.91. The molecule has 0 radical (unpaired) electrons. The van der Waals surface area contributed by atoms with Gasteiger partial charge < -0.3 is 14.5 Å². The number of aromatic nitrogens is 2. The Kier molecular flexibility index (Phi) is 5.06. The molecule has 4 rings (SSSR count). The van der Waals surface area contributed by atoms with Crippen molar-refractivity contribution < 1.29 is 9.53 Å². The SMILES string of the molecule is Cc1nc2c(c(N3C[C@@H](C)O[C@@H](C)C3)n1)CN(C(=O)c1ccccc1C)CC2. The average Bonchev–Trinajstić information content (AvgIpc) is 2.66. The van der Waals surface area contributed by atoms with Crippen LogP contribution in [-0.2, 0) is 17.7 Å². The minimum atomic E-state index is 0.0824. The first kappa shape index (κ1) is 18.9. The molecule has 1 saturated heterocycles. The molecule has 6 heteroatoms. The van der Waals surface area contributed by atoms with E-state index in [2.05, 4.69) is 23.7 Å². The third-order valence-corrected chi connectivity index (χ3v) is 5.53. The molecule has 0 N–H and O–H groups in total. The number of ether oxygens (including phenoxy) is 1. The molecule has 2 atom stereocenters. The monoisotopic (exact) mass is 380 g/mol. The van der Waals surface area contributed by atoms with Gasteiger partial charge in [-0.05, 0) is 39.3 Å². The van der Waals surface area contributed by atoms with Crippen LogP contribution in [0.4, 0.5) is 5.82 Å². The van der Waals surface area contributed by atoms with Gasteiger partial charge in [0.1, 0.15) is 11.6 Å². The topological polar surface area (TPSA) is 58.6 Å². The van der Waals surface area contributed by atoms with E-state index in [0.29, 0.717) is 13.1 Å². The third-order valence-electron chi connectivity index (χ3n) is 5.53. The van der Waals surface area contributed by atoms with Crippen molar-refractivity contribution >= 4 is 11.7 Å². The lowest BCUT2D eigenvalue weighted by Gasteiger charge is -2.39. The zero-order chi connectivity index (χ0) is 19.8. The van der Waals surface area contributed by atoms with Gasteiger partial charge in [0.2, 0.25) is 0 Å². The van der Waals surface area contributed by atoms with E-state index >= 15 is 0 Å². The van der Waals surface area contributed by atoms with Crippen molar-refractivity contribution in [2.75, 3.05) is 24.5 Å². The molecule has 3 heterocycles. The molecule has 6 nitrogen and oxygen atoms in total. The van der Waals surface area contributed by atoms with E-state index < -0.39 is 0 Å². The number of carbonyl (C=O) groups excluding carboxylic acids is 1. The van der Waals surface area contributed by atoms with Gasteiger partial charge in [-0.1, -0.05) is 18.2 Å². The van der Waals surface area contributed by atoms with Crippen LogP contribution in [0.2, 0.25) is 0 Å². The van der Waals surface area contributed by atoms with Crippen molar-refractivity contribution in [1.29, 1.82) is 0 Å². The van der Waals surface area contributed by atoms with Crippen molar-refractivity contribution in [2.24, 2.45) is 0 Å². The summed E-state index contributed by atoms with van der Waals surface area (Å²) in [6.45, 7) is 11.0. The van der Waals surface area contributed by atoms with Gasteiger partial charge in [0, 0.05) is 37.2 Å². The second kappa shape index (κ2) is 7.51. The highest BCUT2D eigenvalue weighted by Crippen LogP contribution is 2.29. The molecule has 0 saturated carbocycles. The van der Waals surface area contributed by atoms with Crippen LogP contribution >= 0.6 is 0 Å². The Balaban J connectivity index is 1.66. The summed E-state index contributed by atoms with van der Waals surface area (Å²) in [6.07, 6.45) is 1.07. The fourth-order valence-corrected chi connectivity index (χ4v) is 4.29. The molecule has 0 aliphatic carbocycles. The molecular formula is C22H28N4O2. The normalized spacial score (nSPS) is 22.1. The van der Waals surface area contributed by atoms with Crippen LogP contribution in [0.25, 0.3) is 0 Å². The second-order valence-electron chi connectivity index (χ2n) is 7.97. The average molecular weight is 380 g/mol. The lowest BCUT2D eigenvalue weighted by atomic mass is 10.0. The van der Waals surface area contributed by atoms with Gasteiger partial charge in [0.15, 0.2) is 0 Å². The first-order valence-electron chi connectivity index (χ1n) is 10.0. The number of hydrogen-bond acceptors (Lipinski definition) is 5. The molecule has 28 heavy (non-hydrogen) atoms. The summed E-state index contributed by atoms with van der Waals surface area (Å²) in [5.74, 6) is 1.84. The molecule has 0 spiro atoms. The Morgan fingerprint density at radius 2 is 1.82 bits per heavy atom. The van der Waals surface area contributed by atoms with E-state index in [9.17, 15) is 4.79 Å². The first-order valence-corrected chi connectivity index (χ1v) is 10.0. The minimum Gasteiger partial charge on any atom is -0.372 e. The number of anilines is 1. The number of hydrogen-bond donors (Lipinski definition) is 0. The number of morpholine rings is 1. The Morgan fingerprint density at radius 3 is 2.54 bits per heavy atom. The summed E-state index contributed by atoms with van der Waals surface area (Å²) in [7, 11) is 0. The molecular weight excluding hydrogens is 352 g/mol. The van der Waals surface area contributed by atoms with Gasteiger partial charge in [-0.15, -0.1) is 0 Å². The molecule has 1 aromatic carbocycles. The zero-order valence-electron chi connectivity index (χ0n) is 17.1. The summed E-state index contributed by atoms with van der Waals surface area (Å²) in [5, 5.41) is 0. The number of rotatable bonds is 2. The first-order chi connectivity index (χ1) is 13.4. The number of carbonyl (C=O) groups is 1. The van der Waals surface area contributed by atoms with Crippen molar-refractivity contribution in [2.45, 2.75) is 52.9 Å². The van der Waals surface area contributed by atoms with Gasteiger partial charge in [0.25, 0.3) is 5.91 Å². The predicted molar refractivity (Wildman–Crippen MR) is 109 cm³/mol. The van der Waals surface area contributed by atoms with Gasteiger partial charge in [-0.3, -0.25) is 4.79 Å². The molecule has 2 aliphatic rings.